The third-order valence-corrected chi connectivity index (χ3v) is 12.3. The molecule has 5 rings (SSSR count). The van der Waals surface area contributed by atoms with Gasteiger partial charge in [0.25, 0.3) is 0 Å². The number of nitrogens with zero attached hydrogens (tertiary/aromatic N) is 5. The molecule has 3 heterocycles. The van der Waals surface area contributed by atoms with E-state index < -0.39 is 26.0 Å². The highest BCUT2D eigenvalue weighted by molar-refractivity contribution is 7.47. The second-order valence-corrected chi connectivity index (χ2v) is 17.5. The molecule has 354 valence electrons. The van der Waals surface area contributed by atoms with Crippen molar-refractivity contribution in [2.75, 3.05) is 58.5 Å². The molecule has 4 atom stereocenters. The lowest BCUT2D eigenvalue weighted by Crippen LogP contribution is -2.43. The summed E-state index contributed by atoms with van der Waals surface area (Å²) in [7, 11) is 9.92. The van der Waals surface area contributed by atoms with E-state index in [-0.39, 0.29) is 94.5 Å². The van der Waals surface area contributed by atoms with Gasteiger partial charge in [-0.3, -0.25) is 33.0 Å². The number of nitrogens with one attached hydrogen (secondary N) is 3. The molecule has 1 unspecified atom stereocenters. The van der Waals surface area contributed by atoms with Gasteiger partial charge in [-0.15, -0.1) is 5.10 Å². The Bertz CT molecular complexity index is 2150. The van der Waals surface area contributed by atoms with Crippen molar-refractivity contribution >= 4 is 58.7 Å². The second-order valence-electron chi connectivity index (χ2n) is 16.1. The molecule has 22 heteroatoms. The number of carbonyl (C=O) groups is 5. The third kappa shape index (κ3) is 15.6. The van der Waals surface area contributed by atoms with E-state index in [2.05, 4.69) is 26.3 Å². The summed E-state index contributed by atoms with van der Waals surface area (Å²) in [5.74, 6) is -1.29. The van der Waals surface area contributed by atoms with Gasteiger partial charge in [-0.05, 0) is 50.1 Å². The van der Waals surface area contributed by atoms with E-state index in [9.17, 15) is 33.4 Å². The highest BCUT2D eigenvalue weighted by Gasteiger charge is 2.39. The van der Waals surface area contributed by atoms with Crippen molar-refractivity contribution in [1.29, 1.82) is 0 Å². The lowest BCUT2D eigenvalue weighted by atomic mass is 9.95. The predicted octanol–water partition coefficient (Wildman–Crippen LogP) is 3.19. The van der Waals surface area contributed by atoms with Gasteiger partial charge in [0.1, 0.15) is 19.6 Å². The second kappa shape index (κ2) is 26.4. The molecule has 2 aromatic carbocycles. The molecule has 4 radical (unpaired) electrons. The summed E-state index contributed by atoms with van der Waals surface area (Å²) in [4.78, 5) is 76.4. The van der Waals surface area contributed by atoms with Crippen molar-refractivity contribution in [2.45, 2.75) is 108 Å². The highest BCUT2D eigenvalue weighted by atomic mass is 31.2. The van der Waals surface area contributed by atoms with E-state index in [1.54, 1.807) is 4.90 Å². The number of ether oxygens (including phenoxy) is 2. The van der Waals surface area contributed by atoms with Gasteiger partial charge in [-0.25, -0.2) is 9.25 Å². The number of phosphoric ester groups is 1. The topological polar surface area (TPSA) is 233 Å². The molecule has 2 aliphatic rings. The van der Waals surface area contributed by atoms with Gasteiger partial charge in [-0.2, -0.15) is 0 Å². The van der Waals surface area contributed by atoms with E-state index in [0.717, 1.165) is 41.6 Å². The maximum absolute atomic E-state index is 14.0. The van der Waals surface area contributed by atoms with Gasteiger partial charge >= 0.3 is 7.82 Å². The highest BCUT2D eigenvalue weighted by Crippen LogP contribution is 2.47. The minimum Gasteiger partial charge on any atom is -0.382 e. The first kappa shape index (κ1) is 52.1. The largest absolute Gasteiger partial charge is 0.472 e. The standard InChI is InChI=1S/C44H61B2N8O11P/c1-47-40(57)29-52(42(59)27-45)24-22-49-38(55)18-6-5-12-23-54-44-32-15-8-7-14-31(32)28-53(34-17-10-9-16-33(34)43(44)50-51-54)41(58)20-19-39(56)48-21-11-3-4-13-25-63-66(60,61)65-35-26-37(46)64-36(35)30-62-2/h7-10,14-17,35-37H,3-6,11-13,18-30H2,1-2H3,(H,47,57)(H,48,56)(H,49,55)(H,60,61)/t35-,36-,37-/m1/s1. The van der Waals surface area contributed by atoms with Gasteiger partial charge in [0.2, 0.25) is 29.5 Å². The Kier molecular flexibility index (Phi) is 20.9. The number of carbonyl (C=O) groups excluding carboxylic acids is 5. The molecule has 0 aliphatic carbocycles. The predicted molar refractivity (Wildman–Crippen MR) is 247 cm³/mol. The average molecular weight is 931 g/mol. The van der Waals surface area contributed by atoms with Gasteiger partial charge in [0, 0.05) is 76.7 Å². The molecule has 19 nitrogen and oxygen atoms in total. The fourth-order valence-corrected chi connectivity index (χ4v) is 8.80. The molecule has 4 N–H and O–H groups in total. The third-order valence-electron chi connectivity index (χ3n) is 11.2. The molecule has 1 aromatic heterocycles. The fourth-order valence-electron chi connectivity index (χ4n) is 7.81. The maximum atomic E-state index is 14.0. The Morgan fingerprint density at radius 1 is 0.909 bits per heavy atom. The SMILES string of the molecule is [B]CC(=O)N(CCNC(=O)CCCCCn1nnc2c1-c1ccccc1CN(C(=O)CCC(=O)NCCCCCCOP(=O)(O)O[C@@H]1C[C@H]([B])O[C@@H]1COC)c1ccccc1-2)CC(=O)NC. The Hall–Kier alpha value is -4.91. The van der Waals surface area contributed by atoms with Crippen LogP contribution < -0.4 is 20.9 Å². The van der Waals surface area contributed by atoms with Crippen molar-refractivity contribution in [3.63, 3.8) is 0 Å². The summed E-state index contributed by atoms with van der Waals surface area (Å²) >= 11 is 0. The van der Waals surface area contributed by atoms with Crippen LogP contribution in [0.2, 0.25) is 6.32 Å². The van der Waals surface area contributed by atoms with Crippen LogP contribution in [0.25, 0.3) is 22.5 Å². The lowest BCUT2D eigenvalue weighted by molar-refractivity contribution is -0.134. The molecular formula is C44H61B2N8O11P. The van der Waals surface area contributed by atoms with Gasteiger partial charge < -0.3 is 40.1 Å². The van der Waals surface area contributed by atoms with Crippen molar-refractivity contribution < 1.29 is 52.0 Å². The van der Waals surface area contributed by atoms with Crippen LogP contribution in [0.15, 0.2) is 48.5 Å². The van der Waals surface area contributed by atoms with Crippen LogP contribution in [-0.4, -0.2) is 142 Å². The van der Waals surface area contributed by atoms with E-state index in [1.165, 1.54) is 19.1 Å². The van der Waals surface area contributed by atoms with Crippen LogP contribution in [0.5, 0.6) is 0 Å². The van der Waals surface area contributed by atoms with E-state index in [1.807, 2.05) is 53.2 Å². The molecule has 0 bridgehead atoms. The lowest BCUT2D eigenvalue weighted by Gasteiger charge is -2.28. The molecule has 1 saturated heterocycles. The molecule has 2 aliphatic heterocycles. The first-order chi connectivity index (χ1) is 31.8. The molecular weight excluding hydrogens is 869 g/mol. The number of para-hydroxylation sites is 1. The number of benzene rings is 2. The normalized spacial score (nSPS) is 17.3. The van der Waals surface area contributed by atoms with Crippen molar-refractivity contribution in [1.82, 2.24) is 35.8 Å². The molecule has 0 spiro atoms. The number of fused-ring (bicyclic) bond motifs is 5. The number of methoxy groups -OCH3 is 1. The van der Waals surface area contributed by atoms with Gasteiger partial charge in [0.05, 0.1) is 51.6 Å². The summed E-state index contributed by atoms with van der Waals surface area (Å²) in [5, 5.41) is 17.4. The van der Waals surface area contributed by atoms with Crippen molar-refractivity contribution in [2.24, 2.45) is 0 Å². The van der Waals surface area contributed by atoms with E-state index in [4.69, 9.17) is 34.2 Å². The molecule has 1 fully saturated rings. The van der Waals surface area contributed by atoms with Crippen LogP contribution in [0, 0.1) is 0 Å². The summed E-state index contributed by atoms with van der Waals surface area (Å²) < 4.78 is 35.3. The fraction of sp³-hybridized carbons (Fsp3) is 0.568. The van der Waals surface area contributed by atoms with Crippen LogP contribution in [0.3, 0.4) is 0 Å². The number of amides is 5. The number of hydrogen-bond donors (Lipinski definition) is 4. The Labute approximate surface area is 388 Å². The number of hydrogen-bond acceptors (Lipinski definition) is 12. The summed E-state index contributed by atoms with van der Waals surface area (Å²) in [6, 6.07) is 14.8. The summed E-state index contributed by atoms with van der Waals surface area (Å²) in [6.45, 7) is 1.70. The van der Waals surface area contributed by atoms with Crippen LogP contribution in [0.1, 0.15) is 76.2 Å². The number of likely N-dealkylation sites (N-methyl/N-ethyl adjacent to an activating group) is 1. The zero-order valence-electron chi connectivity index (χ0n) is 37.9. The minimum atomic E-state index is -4.31. The Morgan fingerprint density at radius 3 is 2.39 bits per heavy atom. The molecule has 3 aromatic rings. The van der Waals surface area contributed by atoms with E-state index in [0.29, 0.717) is 56.6 Å². The zero-order valence-corrected chi connectivity index (χ0v) is 38.8. The smallest absolute Gasteiger partial charge is 0.382 e. The number of unbranched alkanes of at least 4 members (excludes halogenated alkanes) is 5. The number of aromatic nitrogens is 3. The van der Waals surface area contributed by atoms with Crippen LogP contribution in [0.4, 0.5) is 5.69 Å². The summed E-state index contributed by atoms with van der Waals surface area (Å²) in [6.07, 6.45) is 3.83. The molecule has 0 saturated carbocycles. The van der Waals surface area contributed by atoms with Crippen LogP contribution in [-0.2, 0) is 60.1 Å². The van der Waals surface area contributed by atoms with Gasteiger partial charge in [-0.1, -0.05) is 66.9 Å². The maximum Gasteiger partial charge on any atom is 0.472 e. The van der Waals surface area contributed by atoms with Crippen molar-refractivity contribution in [3.8, 4) is 22.5 Å². The number of rotatable bonds is 27. The number of aryl methyl sites for hydroxylation is 1. The first-order valence-corrected chi connectivity index (χ1v) is 24.0. The first-order valence-electron chi connectivity index (χ1n) is 22.5. The quantitative estimate of drug-likeness (QED) is 0.0490. The summed E-state index contributed by atoms with van der Waals surface area (Å²) in [5.41, 5.74) is 4.68. The minimum absolute atomic E-state index is 0.00421. The van der Waals surface area contributed by atoms with Crippen LogP contribution >= 0.6 is 7.82 Å². The van der Waals surface area contributed by atoms with Gasteiger partial charge in [0.15, 0.2) is 0 Å². The average Bonchev–Trinajstić information content (AvgIpc) is 3.87. The Balaban J connectivity index is 1.06. The zero-order chi connectivity index (χ0) is 47.5. The molecule has 5 amide bonds. The van der Waals surface area contributed by atoms with E-state index >= 15 is 0 Å². The molecule has 66 heavy (non-hydrogen) atoms. The monoisotopic (exact) mass is 930 g/mol. The van der Waals surface area contributed by atoms with Crippen molar-refractivity contribution in [3.05, 3.63) is 54.1 Å². The Morgan fingerprint density at radius 2 is 1.62 bits per heavy atom. The number of anilines is 1. The number of phosphoric acid groups is 1.